The highest BCUT2D eigenvalue weighted by molar-refractivity contribution is 5.57. The van der Waals surface area contributed by atoms with Gasteiger partial charge in [-0.3, -0.25) is 0 Å². The van der Waals surface area contributed by atoms with Crippen molar-refractivity contribution >= 4 is 5.69 Å². The van der Waals surface area contributed by atoms with Crippen LogP contribution in [0.1, 0.15) is 57.6 Å². The third-order valence-corrected chi connectivity index (χ3v) is 4.04. The zero-order valence-electron chi connectivity index (χ0n) is 12.0. The number of benzene rings is 1. The van der Waals surface area contributed by atoms with E-state index in [1.165, 1.54) is 12.8 Å². The Morgan fingerprint density at radius 1 is 1.42 bits per heavy atom. The van der Waals surface area contributed by atoms with Crippen LogP contribution in [-0.2, 0) is 0 Å². The maximum Gasteiger partial charge on any atom is 0.146 e. The van der Waals surface area contributed by atoms with E-state index in [1.54, 1.807) is 12.1 Å². The maximum absolute atomic E-state index is 14.3. The molecular weight excluding hydrogens is 239 g/mol. The number of piperidine rings is 1. The first-order valence-electron chi connectivity index (χ1n) is 7.45. The Morgan fingerprint density at radius 3 is 2.89 bits per heavy atom. The first-order chi connectivity index (χ1) is 9.15. The number of hydrogen-bond donors (Lipinski definition) is 1. The minimum atomic E-state index is -0.130. The normalized spacial score (nSPS) is 21.5. The molecule has 1 aliphatic rings. The van der Waals surface area contributed by atoms with Gasteiger partial charge in [-0.2, -0.15) is 0 Å². The minimum absolute atomic E-state index is 0.127. The summed E-state index contributed by atoms with van der Waals surface area (Å²) >= 11 is 0. The van der Waals surface area contributed by atoms with Crippen molar-refractivity contribution in [2.24, 2.45) is 5.73 Å². The molecule has 0 aliphatic carbocycles. The van der Waals surface area contributed by atoms with Crippen LogP contribution in [0.15, 0.2) is 18.2 Å². The van der Waals surface area contributed by atoms with E-state index in [-0.39, 0.29) is 11.9 Å². The predicted molar refractivity (Wildman–Crippen MR) is 78.9 cm³/mol. The second-order valence-corrected chi connectivity index (χ2v) is 5.60. The predicted octanol–water partition coefficient (Wildman–Crippen LogP) is 4.00. The SMILES string of the molecule is CCCC1CCCCN1c1c(F)cccc1C(C)N. The van der Waals surface area contributed by atoms with Crippen LogP contribution in [0.5, 0.6) is 0 Å². The Morgan fingerprint density at radius 2 is 2.21 bits per heavy atom. The van der Waals surface area contributed by atoms with Gasteiger partial charge in [0.2, 0.25) is 0 Å². The highest BCUT2D eigenvalue weighted by Crippen LogP contribution is 2.34. The lowest BCUT2D eigenvalue weighted by Crippen LogP contribution is -2.41. The molecule has 106 valence electrons. The van der Waals surface area contributed by atoms with Gasteiger partial charge in [0, 0.05) is 18.6 Å². The fourth-order valence-electron chi connectivity index (χ4n) is 3.13. The number of hydrogen-bond acceptors (Lipinski definition) is 2. The van der Waals surface area contributed by atoms with E-state index in [0.717, 1.165) is 37.1 Å². The van der Waals surface area contributed by atoms with Crippen LogP contribution in [0.4, 0.5) is 10.1 Å². The van der Waals surface area contributed by atoms with Crippen molar-refractivity contribution in [3.8, 4) is 0 Å². The molecule has 1 saturated heterocycles. The monoisotopic (exact) mass is 264 g/mol. The second-order valence-electron chi connectivity index (χ2n) is 5.60. The standard InChI is InChI=1S/C16H25FN2/c1-3-7-13-8-4-5-11-19(13)16-14(12(2)18)9-6-10-15(16)17/h6,9-10,12-13H,3-5,7-8,11,18H2,1-2H3. The quantitative estimate of drug-likeness (QED) is 0.890. The number of nitrogens with zero attached hydrogens (tertiary/aromatic N) is 1. The van der Waals surface area contributed by atoms with Crippen molar-refractivity contribution < 1.29 is 4.39 Å². The van der Waals surface area contributed by atoms with Crippen LogP contribution >= 0.6 is 0 Å². The van der Waals surface area contributed by atoms with Crippen molar-refractivity contribution in [1.29, 1.82) is 0 Å². The fourth-order valence-corrected chi connectivity index (χ4v) is 3.13. The molecule has 1 aromatic rings. The minimum Gasteiger partial charge on any atom is -0.366 e. The molecule has 0 spiro atoms. The van der Waals surface area contributed by atoms with Gasteiger partial charge in [-0.15, -0.1) is 0 Å². The summed E-state index contributed by atoms with van der Waals surface area (Å²) in [6.07, 6.45) is 5.84. The second kappa shape index (κ2) is 6.38. The summed E-state index contributed by atoms with van der Waals surface area (Å²) in [4.78, 5) is 2.26. The number of halogens is 1. The van der Waals surface area contributed by atoms with E-state index in [0.29, 0.717) is 6.04 Å². The van der Waals surface area contributed by atoms with E-state index in [2.05, 4.69) is 11.8 Å². The lowest BCUT2D eigenvalue weighted by molar-refractivity contribution is 0.427. The summed E-state index contributed by atoms with van der Waals surface area (Å²) in [5.41, 5.74) is 7.70. The van der Waals surface area contributed by atoms with E-state index < -0.39 is 0 Å². The van der Waals surface area contributed by atoms with Crippen molar-refractivity contribution in [3.05, 3.63) is 29.6 Å². The third-order valence-electron chi connectivity index (χ3n) is 4.04. The van der Waals surface area contributed by atoms with Gasteiger partial charge in [0.25, 0.3) is 0 Å². The molecule has 0 saturated carbocycles. The smallest absolute Gasteiger partial charge is 0.146 e. The van der Waals surface area contributed by atoms with Gasteiger partial charge in [-0.25, -0.2) is 4.39 Å². The van der Waals surface area contributed by atoms with Crippen LogP contribution < -0.4 is 10.6 Å². The largest absolute Gasteiger partial charge is 0.366 e. The van der Waals surface area contributed by atoms with Crippen LogP contribution in [0.2, 0.25) is 0 Å². The molecule has 0 aromatic heterocycles. The molecule has 1 aromatic carbocycles. The van der Waals surface area contributed by atoms with Crippen molar-refractivity contribution in [3.63, 3.8) is 0 Å². The first kappa shape index (κ1) is 14.3. The molecule has 0 amide bonds. The molecule has 2 N–H and O–H groups in total. The summed E-state index contributed by atoms with van der Waals surface area (Å²) in [6, 6.07) is 5.61. The van der Waals surface area contributed by atoms with Gasteiger partial charge >= 0.3 is 0 Å². The van der Waals surface area contributed by atoms with Gasteiger partial charge in [0.1, 0.15) is 5.82 Å². The average Bonchev–Trinajstić information content (AvgIpc) is 2.40. The van der Waals surface area contributed by atoms with Gasteiger partial charge < -0.3 is 10.6 Å². The molecule has 1 fully saturated rings. The highest BCUT2D eigenvalue weighted by Gasteiger charge is 2.26. The molecule has 1 aliphatic heterocycles. The molecule has 0 bridgehead atoms. The molecule has 2 rings (SSSR count). The third kappa shape index (κ3) is 3.08. The van der Waals surface area contributed by atoms with Crippen molar-refractivity contribution in [1.82, 2.24) is 0 Å². The van der Waals surface area contributed by atoms with Gasteiger partial charge in [0.05, 0.1) is 5.69 Å². The molecule has 2 nitrogen and oxygen atoms in total. The van der Waals surface area contributed by atoms with Crippen LogP contribution in [-0.4, -0.2) is 12.6 Å². The fraction of sp³-hybridized carbons (Fsp3) is 0.625. The zero-order valence-corrected chi connectivity index (χ0v) is 12.0. The summed E-state index contributed by atoms with van der Waals surface area (Å²) in [7, 11) is 0. The van der Waals surface area contributed by atoms with E-state index in [4.69, 9.17) is 5.73 Å². The number of nitrogens with two attached hydrogens (primary N) is 1. The lowest BCUT2D eigenvalue weighted by atomic mass is 9.95. The van der Waals surface area contributed by atoms with Crippen molar-refractivity contribution in [2.75, 3.05) is 11.4 Å². The Labute approximate surface area is 115 Å². The van der Waals surface area contributed by atoms with Gasteiger partial charge in [-0.05, 0) is 44.2 Å². The van der Waals surface area contributed by atoms with E-state index in [1.807, 2.05) is 13.0 Å². The van der Waals surface area contributed by atoms with E-state index in [9.17, 15) is 4.39 Å². The van der Waals surface area contributed by atoms with Crippen LogP contribution in [0.3, 0.4) is 0 Å². The van der Waals surface area contributed by atoms with Crippen LogP contribution in [0, 0.1) is 5.82 Å². The Bertz CT molecular complexity index is 415. The summed E-state index contributed by atoms with van der Waals surface area (Å²) < 4.78 is 14.3. The Balaban J connectivity index is 2.37. The summed E-state index contributed by atoms with van der Waals surface area (Å²) in [5, 5.41) is 0. The number of anilines is 1. The molecule has 2 unspecified atom stereocenters. The molecule has 0 radical (unpaired) electrons. The highest BCUT2D eigenvalue weighted by atomic mass is 19.1. The maximum atomic E-state index is 14.3. The Kier molecular flexibility index (Phi) is 4.81. The summed E-state index contributed by atoms with van der Waals surface area (Å²) in [6.45, 7) is 5.07. The Hall–Kier alpha value is -1.09. The average molecular weight is 264 g/mol. The molecular formula is C16H25FN2. The molecule has 3 heteroatoms. The van der Waals surface area contributed by atoms with Gasteiger partial charge in [-0.1, -0.05) is 25.5 Å². The lowest BCUT2D eigenvalue weighted by Gasteiger charge is -2.39. The summed E-state index contributed by atoms with van der Waals surface area (Å²) in [5.74, 6) is -0.127. The zero-order chi connectivity index (χ0) is 13.8. The molecule has 1 heterocycles. The molecule has 19 heavy (non-hydrogen) atoms. The topological polar surface area (TPSA) is 29.3 Å². The van der Waals surface area contributed by atoms with Gasteiger partial charge in [0.15, 0.2) is 0 Å². The number of rotatable bonds is 4. The molecule has 2 atom stereocenters. The number of para-hydroxylation sites is 1. The van der Waals surface area contributed by atoms with Crippen LogP contribution in [0.25, 0.3) is 0 Å². The van der Waals surface area contributed by atoms with E-state index >= 15 is 0 Å². The van der Waals surface area contributed by atoms with Crippen molar-refractivity contribution in [2.45, 2.75) is 58.0 Å². The first-order valence-corrected chi connectivity index (χ1v) is 7.45.